The first-order valence-electron chi connectivity index (χ1n) is 4.69. The van der Waals surface area contributed by atoms with Crippen molar-refractivity contribution >= 4 is 5.97 Å². The van der Waals surface area contributed by atoms with Crippen molar-refractivity contribution in [2.45, 2.75) is 13.3 Å². The number of para-hydroxylation sites is 1. The van der Waals surface area contributed by atoms with Crippen LogP contribution < -0.4 is 4.74 Å². The molecular weight excluding hydrogens is 192 g/mol. The van der Waals surface area contributed by atoms with Gasteiger partial charge in [-0.3, -0.25) is 0 Å². The van der Waals surface area contributed by atoms with E-state index in [2.05, 4.69) is 6.58 Å². The summed E-state index contributed by atoms with van der Waals surface area (Å²) in [5, 5.41) is 8.54. The van der Waals surface area contributed by atoms with E-state index in [1.54, 1.807) is 6.08 Å². The lowest BCUT2D eigenvalue weighted by Crippen LogP contribution is -2.11. The van der Waals surface area contributed by atoms with Gasteiger partial charge in [-0.1, -0.05) is 24.3 Å². The van der Waals surface area contributed by atoms with Crippen molar-refractivity contribution in [2.75, 3.05) is 6.61 Å². The Labute approximate surface area is 89.0 Å². The third kappa shape index (κ3) is 3.13. The second-order valence-corrected chi connectivity index (χ2v) is 3.24. The molecular formula is C12H14O3. The van der Waals surface area contributed by atoms with Gasteiger partial charge in [-0.15, -0.1) is 6.58 Å². The Balaban J connectivity index is 2.90. The second kappa shape index (κ2) is 5.20. The summed E-state index contributed by atoms with van der Waals surface area (Å²) >= 11 is 0. The van der Waals surface area contributed by atoms with Crippen molar-refractivity contribution in [3.8, 4) is 5.75 Å². The monoisotopic (exact) mass is 206 g/mol. The number of carboxylic acids is 1. The number of allylic oxidation sites excluding steroid dienone is 1. The minimum Gasteiger partial charge on any atom is -0.481 e. The molecule has 15 heavy (non-hydrogen) atoms. The van der Waals surface area contributed by atoms with Gasteiger partial charge < -0.3 is 9.84 Å². The average molecular weight is 206 g/mol. The van der Waals surface area contributed by atoms with Gasteiger partial charge in [-0.05, 0) is 24.5 Å². The van der Waals surface area contributed by atoms with Crippen LogP contribution >= 0.6 is 0 Å². The zero-order chi connectivity index (χ0) is 11.3. The van der Waals surface area contributed by atoms with E-state index in [-0.39, 0.29) is 6.61 Å². The van der Waals surface area contributed by atoms with Crippen LogP contribution in [-0.2, 0) is 11.2 Å². The Morgan fingerprint density at radius 3 is 2.93 bits per heavy atom. The third-order valence-electron chi connectivity index (χ3n) is 2.00. The summed E-state index contributed by atoms with van der Waals surface area (Å²) in [5.74, 6) is -0.317. The number of hydrogen-bond acceptors (Lipinski definition) is 2. The first-order valence-corrected chi connectivity index (χ1v) is 4.69. The van der Waals surface area contributed by atoms with Crippen molar-refractivity contribution in [1.29, 1.82) is 0 Å². The lowest BCUT2D eigenvalue weighted by Gasteiger charge is -2.11. The number of ether oxygens (including phenoxy) is 1. The van der Waals surface area contributed by atoms with E-state index in [1.807, 2.05) is 25.1 Å². The number of hydrogen-bond donors (Lipinski definition) is 1. The van der Waals surface area contributed by atoms with Crippen LogP contribution in [0.2, 0.25) is 0 Å². The fourth-order valence-electron chi connectivity index (χ4n) is 1.37. The standard InChI is InChI=1S/C12H14O3/c1-3-5-10-7-4-6-9(2)12(10)15-8-11(13)14/h3-4,6-7H,1,5,8H2,2H3,(H,13,14). The molecule has 3 heteroatoms. The highest BCUT2D eigenvalue weighted by atomic mass is 16.5. The molecule has 0 saturated carbocycles. The minimum absolute atomic E-state index is 0.311. The summed E-state index contributed by atoms with van der Waals surface area (Å²) in [4.78, 5) is 10.4. The van der Waals surface area contributed by atoms with Gasteiger partial charge >= 0.3 is 5.97 Å². The Hall–Kier alpha value is -1.77. The minimum atomic E-state index is -0.970. The fraction of sp³-hybridized carbons (Fsp3) is 0.250. The van der Waals surface area contributed by atoms with Crippen molar-refractivity contribution in [3.05, 3.63) is 42.0 Å². The number of aryl methyl sites for hydroxylation is 1. The van der Waals surface area contributed by atoms with Gasteiger partial charge in [0, 0.05) is 0 Å². The predicted molar refractivity (Wildman–Crippen MR) is 58.2 cm³/mol. The third-order valence-corrected chi connectivity index (χ3v) is 2.00. The van der Waals surface area contributed by atoms with Gasteiger partial charge in [-0.2, -0.15) is 0 Å². The van der Waals surface area contributed by atoms with E-state index >= 15 is 0 Å². The first kappa shape index (κ1) is 11.3. The van der Waals surface area contributed by atoms with Crippen molar-refractivity contribution in [1.82, 2.24) is 0 Å². The maximum absolute atomic E-state index is 10.4. The van der Waals surface area contributed by atoms with Crippen LogP contribution in [0.25, 0.3) is 0 Å². The molecule has 1 aromatic rings. The molecule has 3 nitrogen and oxygen atoms in total. The zero-order valence-electron chi connectivity index (χ0n) is 8.69. The van der Waals surface area contributed by atoms with E-state index in [1.165, 1.54) is 0 Å². The Kier molecular flexibility index (Phi) is 3.92. The van der Waals surface area contributed by atoms with Crippen LogP contribution in [0.15, 0.2) is 30.9 Å². The Morgan fingerprint density at radius 2 is 2.33 bits per heavy atom. The van der Waals surface area contributed by atoms with E-state index in [0.717, 1.165) is 11.1 Å². The molecule has 0 bridgehead atoms. The highest BCUT2D eigenvalue weighted by Crippen LogP contribution is 2.23. The van der Waals surface area contributed by atoms with Gasteiger partial charge in [-0.25, -0.2) is 4.79 Å². The molecule has 0 amide bonds. The van der Waals surface area contributed by atoms with Crippen LogP contribution in [0.1, 0.15) is 11.1 Å². The van der Waals surface area contributed by atoms with Crippen LogP contribution in [-0.4, -0.2) is 17.7 Å². The molecule has 0 spiro atoms. The first-order chi connectivity index (χ1) is 7.15. The second-order valence-electron chi connectivity index (χ2n) is 3.24. The van der Waals surface area contributed by atoms with Gasteiger partial charge in [0.05, 0.1) is 0 Å². The molecule has 1 rings (SSSR count). The van der Waals surface area contributed by atoms with E-state index < -0.39 is 5.97 Å². The van der Waals surface area contributed by atoms with Crippen molar-refractivity contribution < 1.29 is 14.6 Å². The van der Waals surface area contributed by atoms with Crippen LogP contribution in [0.3, 0.4) is 0 Å². The molecule has 0 aliphatic rings. The largest absolute Gasteiger partial charge is 0.481 e. The number of carbonyl (C=O) groups is 1. The maximum Gasteiger partial charge on any atom is 0.341 e. The Morgan fingerprint density at radius 1 is 1.60 bits per heavy atom. The molecule has 0 radical (unpaired) electrons. The van der Waals surface area contributed by atoms with Crippen LogP contribution in [0, 0.1) is 6.92 Å². The molecule has 0 aliphatic heterocycles. The van der Waals surface area contributed by atoms with Gasteiger partial charge in [0.15, 0.2) is 6.61 Å². The molecule has 1 N–H and O–H groups in total. The molecule has 0 atom stereocenters. The van der Waals surface area contributed by atoms with E-state index in [9.17, 15) is 4.79 Å². The molecule has 80 valence electrons. The molecule has 0 aliphatic carbocycles. The van der Waals surface area contributed by atoms with Crippen LogP contribution in [0.4, 0.5) is 0 Å². The van der Waals surface area contributed by atoms with Crippen LogP contribution in [0.5, 0.6) is 5.75 Å². The van der Waals surface area contributed by atoms with E-state index in [0.29, 0.717) is 12.2 Å². The predicted octanol–water partition coefficient (Wildman–Crippen LogP) is 2.19. The molecule has 0 aromatic heterocycles. The quantitative estimate of drug-likeness (QED) is 0.751. The zero-order valence-corrected chi connectivity index (χ0v) is 8.69. The Bertz CT molecular complexity index is 369. The van der Waals surface area contributed by atoms with Gasteiger partial charge in [0.1, 0.15) is 5.75 Å². The summed E-state index contributed by atoms with van der Waals surface area (Å²) in [7, 11) is 0. The topological polar surface area (TPSA) is 46.5 Å². The highest BCUT2D eigenvalue weighted by molar-refractivity contribution is 5.68. The maximum atomic E-state index is 10.4. The summed E-state index contributed by atoms with van der Waals surface area (Å²) in [5.41, 5.74) is 1.90. The number of carboxylic acid groups (broad SMARTS) is 1. The smallest absolute Gasteiger partial charge is 0.341 e. The summed E-state index contributed by atoms with van der Waals surface area (Å²) in [6.45, 7) is 5.23. The highest BCUT2D eigenvalue weighted by Gasteiger charge is 2.07. The normalized spacial score (nSPS) is 9.67. The summed E-state index contributed by atoms with van der Waals surface area (Å²) < 4.78 is 5.23. The van der Waals surface area contributed by atoms with Crippen molar-refractivity contribution in [2.24, 2.45) is 0 Å². The summed E-state index contributed by atoms with van der Waals surface area (Å²) in [6, 6.07) is 5.72. The van der Waals surface area contributed by atoms with Gasteiger partial charge in [0.2, 0.25) is 0 Å². The molecule has 0 fully saturated rings. The van der Waals surface area contributed by atoms with Crippen molar-refractivity contribution in [3.63, 3.8) is 0 Å². The lowest BCUT2D eigenvalue weighted by molar-refractivity contribution is -0.139. The lowest BCUT2D eigenvalue weighted by atomic mass is 10.1. The molecule has 0 unspecified atom stereocenters. The molecule has 1 aromatic carbocycles. The number of aliphatic carboxylic acids is 1. The molecule has 0 heterocycles. The van der Waals surface area contributed by atoms with E-state index in [4.69, 9.17) is 9.84 Å². The van der Waals surface area contributed by atoms with Gasteiger partial charge in [0.25, 0.3) is 0 Å². The number of benzene rings is 1. The SMILES string of the molecule is C=CCc1cccc(C)c1OCC(=O)O. The number of rotatable bonds is 5. The molecule has 0 saturated heterocycles. The average Bonchev–Trinajstić information content (AvgIpc) is 2.17. The fourth-order valence-corrected chi connectivity index (χ4v) is 1.37. The summed E-state index contributed by atoms with van der Waals surface area (Å²) in [6.07, 6.45) is 2.44.